The topological polar surface area (TPSA) is 105 Å². The monoisotopic (exact) mass is 425 g/mol. The van der Waals surface area contributed by atoms with E-state index in [1.54, 1.807) is 30.3 Å². The maximum atomic E-state index is 14.0. The zero-order valence-electron chi connectivity index (χ0n) is 16.0. The standard InChI is InChI=1S/C22H20FN3O3S/c23-16-8-12(11-24)7-15(9-16)22-26-19(20(30-22)13-5-6-13)21(29)25-17-4-2-1-3-14(17)10-18(27)28/h1-4,7-9,13H,5-6,10-11,24H2,(H,25,29)(H,27,28). The quantitative estimate of drug-likeness (QED) is 0.527. The Kier molecular flexibility index (Phi) is 5.61. The second kappa shape index (κ2) is 8.33. The van der Waals surface area contributed by atoms with Gasteiger partial charge in [0.1, 0.15) is 16.5 Å². The van der Waals surface area contributed by atoms with E-state index >= 15 is 0 Å². The van der Waals surface area contributed by atoms with Crippen molar-refractivity contribution in [2.45, 2.75) is 31.7 Å². The molecule has 0 atom stereocenters. The van der Waals surface area contributed by atoms with Crippen molar-refractivity contribution in [3.8, 4) is 10.6 Å². The van der Waals surface area contributed by atoms with E-state index in [9.17, 15) is 14.0 Å². The number of nitrogens with one attached hydrogen (secondary N) is 1. The molecule has 6 nitrogen and oxygen atoms in total. The van der Waals surface area contributed by atoms with Crippen LogP contribution in [0.15, 0.2) is 42.5 Å². The molecule has 1 aliphatic rings. The fourth-order valence-electron chi connectivity index (χ4n) is 3.27. The van der Waals surface area contributed by atoms with Gasteiger partial charge in [-0.05, 0) is 54.2 Å². The zero-order chi connectivity index (χ0) is 21.3. The number of halogens is 1. The van der Waals surface area contributed by atoms with E-state index < -0.39 is 17.7 Å². The van der Waals surface area contributed by atoms with Gasteiger partial charge < -0.3 is 16.2 Å². The summed E-state index contributed by atoms with van der Waals surface area (Å²) in [5.74, 6) is -1.50. The average molecular weight is 425 g/mol. The van der Waals surface area contributed by atoms with Crippen LogP contribution in [-0.4, -0.2) is 22.0 Å². The van der Waals surface area contributed by atoms with Gasteiger partial charge in [0, 0.05) is 22.7 Å². The predicted molar refractivity (Wildman–Crippen MR) is 113 cm³/mol. The van der Waals surface area contributed by atoms with Crippen molar-refractivity contribution in [1.29, 1.82) is 0 Å². The number of benzene rings is 2. The summed E-state index contributed by atoms with van der Waals surface area (Å²) in [5.41, 5.74) is 8.16. The molecule has 0 aliphatic heterocycles. The van der Waals surface area contributed by atoms with Gasteiger partial charge in [-0.15, -0.1) is 11.3 Å². The van der Waals surface area contributed by atoms with Crippen molar-refractivity contribution in [3.63, 3.8) is 0 Å². The fraction of sp³-hybridized carbons (Fsp3) is 0.227. The molecule has 1 heterocycles. The van der Waals surface area contributed by atoms with E-state index in [0.717, 1.165) is 17.7 Å². The largest absolute Gasteiger partial charge is 0.481 e. The molecule has 2 aromatic carbocycles. The first kappa shape index (κ1) is 20.2. The Hall–Kier alpha value is -3.10. The molecule has 1 aromatic heterocycles. The Morgan fingerprint density at radius 1 is 1.23 bits per heavy atom. The molecule has 1 aliphatic carbocycles. The van der Waals surface area contributed by atoms with Crippen LogP contribution in [0.2, 0.25) is 0 Å². The number of nitrogens with zero attached hydrogens (tertiary/aromatic N) is 1. The van der Waals surface area contributed by atoms with Gasteiger partial charge in [-0.3, -0.25) is 9.59 Å². The number of carboxylic acid groups (broad SMARTS) is 1. The minimum absolute atomic E-state index is 0.195. The van der Waals surface area contributed by atoms with Gasteiger partial charge in [-0.2, -0.15) is 0 Å². The minimum atomic E-state index is -0.979. The van der Waals surface area contributed by atoms with E-state index in [0.29, 0.717) is 33.1 Å². The van der Waals surface area contributed by atoms with E-state index in [-0.39, 0.29) is 18.9 Å². The maximum Gasteiger partial charge on any atom is 0.307 e. The Balaban J connectivity index is 1.67. The third-order valence-corrected chi connectivity index (χ3v) is 6.13. The van der Waals surface area contributed by atoms with Crippen molar-refractivity contribution in [2.24, 2.45) is 5.73 Å². The molecule has 154 valence electrons. The fourth-order valence-corrected chi connectivity index (χ4v) is 4.49. The van der Waals surface area contributed by atoms with Crippen molar-refractivity contribution < 1.29 is 19.1 Å². The Morgan fingerprint density at radius 2 is 2.00 bits per heavy atom. The summed E-state index contributed by atoms with van der Waals surface area (Å²) in [4.78, 5) is 29.5. The van der Waals surface area contributed by atoms with Crippen LogP contribution in [-0.2, 0) is 17.8 Å². The van der Waals surface area contributed by atoms with E-state index in [1.807, 2.05) is 0 Å². The van der Waals surface area contributed by atoms with Crippen LogP contribution < -0.4 is 11.1 Å². The van der Waals surface area contributed by atoms with Crippen molar-refractivity contribution in [1.82, 2.24) is 4.98 Å². The maximum absolute atomic E-state index is 14.0. The summed E-state index contributed by atoms with van der Waals surface area (Å²) in [6, 6.07) is 11.3. The minimum Gasteiger partial charge on any atom is -0.481 e. The number of hydrogen-bond donors (Lipinski definition) is 3. The van der Waals surface area contributed by atoms with Gasteiger partial charge in [0.25, 0.3) is 5.91 Å². The van der Waals surface area contributed by atoms with Crippen LogP contribution in [0.3, 0.4) is 0 Å². The first-order valence-corrected chi connectivity index (χ1v) is 10.4. The molecule has 4 rings (SSSR count). The lowest BCUT2D eigenvalue weighted by molar-refractivity contribution is -0.136. The van der Waals surface area contributed by atoms with Gasteiger partial charge in [-0.1, -0.05) is 18.2 Å². The lowest BCUT2D eigenvalue weighted by Crippen LogP contribution is -2.16. The third kappa shape index (κ3) is 4.39. The molecule has 0 saturated heterocycles. The normalized spacial score (nSPS) is 13.3. The van der Waals surface area contributed by atoms with Gasteiger partial charge in [0.05, 0.1) is 6.42 Å². The summed E-state index contributed by atoms with van der Waals surface area (Å²) in [5, 5.41) is 12.5. The molecule has 4 N–H and O–H groups in total. The highest BCUT2D eigenvalue weighted by molar-refractivity contribution is 7.15. The van der Waals surface area contributed by atoms with Crippen LogP contribution in [0.4, 0.5) is 10.1 Å². The van der Waals surface area contributed by atoms with Crippen LogP contribution in [0, 0.1) is 5.82 Å². The SMILES string of the molecule is NCc1cc(F)cc(-c2nc(C(=O)Nc3ccccc3CC(=O)O)c(C3CC3)s2)c1. The predicted octanol–water partition coefficient (Wildman–Crippen LogP) is 4.16. The van der Waals surface area contributed by atoms with Crippen molar-refractivity contribution in [3.05, 3.63) is 70.0 Å². The number of rotatable bonds is 7. The molecule has 0 bridgehead atoms. The molecule has 0 spiro atoms. The first-order valence-electron chi connectivity index (χ1n) is 9.56. The molecule has 0 unspecified atom stereocenters. The lowest BCUT2D eigenvalue weighted by atomic mass is 10.1. The number of carboxylic acids is 1. The number of carbonyl (C=O) groups is 2. The van der Waals surface area contributed by atoms with E-state index in [1.165, 1.54) is 23.5 Å². The van der Waals surface area contributed by atoms with Gasteiger partial charge in [0.2, 0.25) is 0 Å². The summed E-state index contributed by atoms with van der Waals surface area (Å²) in [6.07, 6.45) is 1.77. The zero-order valence-corrected chi connectivity index (χ0v) is 16.8. The number of carbonyl (C=O) groups excluding carboxylic acids is 1. The summed E-state index contributed by atoms with van der Waals surface area (Å²) >= 11 is 1.39. The molecular weight excluding hydrogens is 405 g/mol. The number of para-hydroxylation sites is 1. The lowest BCUT2D eigenvalue weighted by Gasteiger charge is -2.09. The second-order valence-corrected chi connectivity index (χ2v) is 8.27. The summed E-state index contributed by atoms with van der Waals surface area (Å²) < 4.78 is 14.0. The number of aliphatic carboxylic acids is 1. The number of nitrogens with two attached hydrogens (primary N) is 1. The van der Waals surface area contributed by atoms with Crippen LogP contribution >= 0.6 is 11.3 Å². The van der Waals surface area contributed by atoms with Gasteiger partial charge in [-0.25, -0.2) is 9.37 Å². The van der Waals surface area contributed by atoms with Crippen LogP contribution in [0.5, 0.6) is 0 Å². The molecule has 8 heteroatoms. The molecule has 30 heavy (non-hydrogen) atoms. The molecule has 1 fully saturated rings. The molecule has 1 amide bonds. The first-order chi connectivity index (χ1) is 14.4. The summed E-state index contributed by atoms with van der Waals surface area (Å²) in [6.45, 7) is 0.208. The van der Waals surface area contributed by atoms with E-state index in [4.69, 9.17) is 10.8 Å². The number of aromatic nitrogens is 1. The molecule has 0 radical (unpaired) electrons. The number of anilines is 1. The Morgan fingerprint density at radius 3 is 2.70 bits per heavy atom. The Bertz CT molecular complexity index is 1120. The van der Waals surface area contributed by atoms with Gasteiger partial charge in [0.15, 0.2) is 0 Å². The number of amides is 1. The van der Waals surface area contributed by atoms with Crippen molar-refractivity contribution >= 4 is 28.9 Å². The van der Waals surface area contributed by atoms with Gasteiger partial charge >= 0.3 is 5.97 Å². The highest BCUT2D eigenvalue weighted by Crippen LogP contribution is 2.46. The molecule has 3 aromatic rings. The third-order valence-electron chi connectivity index (χ3n) is 4.86. The molecular formula is C22H20FN3O3S. The van der Waals surface area contributed by atoms with Crippen LogP contribution in [0.1, 0.15) is 45.3 Å². The highest BCUT2D eigenvalue weighted by atomic mass is 32.1. The van der Waals surface area contributed by atoms with Crippen molar-refractivity contribution in [2.75, 3.05) is 5.32 Å². The highest BCUT2D eigenvalue weighted by Gasteiger charge is 2.32. The average Bonchev–Trinajstić information content (AvgIpc) is 3.46. The summed E-state index contributed by atoms with van der Waals surface area (Å²) in [7, 11) is 0. The molecule has 1 saturated carbocycles. The number of thiazole rings is 1. The van der Waals surface area contributed by atoms with E-state index in [2.05, 4.69) is 10.3 Å². The second-order valence-electron chi connectivity index (χ2n) is 7.24. The number of hydrogen-bond acceptors (Lipinski definition) is 5. The smallest absolute Gasteiger partial charge is 0.307 e. The van der Waals surface area contributed by atoms with Crippen LogP contribution in [0.25, 0.3) is 10.6 Å². The Labute approximate surface area is 176 Å².